The maximum Gasteiger partial charge on any atom is 0.227 e. The Bertz CT molecular complexity index is 213. The Morgan fingerprint density at radius 3 is 2.24 bits per heavy atom. The molecular formula is C13H28N2O2. The van der Waals surface area contributed by atoms with E-state index in [1.54, 1.807) is 7.11 Å². The first-order chi connectivity index (χ1) is 8.06. The third-order valence-corrected chi connectivity index (χ3v) is 3.12. The van der Waals surface area contributed by atoms with Crippen LogP contribution in [0.15, 0.2) is 0 Å². The Morgan fingerprint density at radius 1 is 1.35 bits per heavy atom. The van der Waals surface area contributed by atoms with E-state index >= 15 is 0 Å². The molecule has 0 bridgehead atoms. The van der Waals surface area contributed by atoms with Crippen LogP contribution in [0.2, 0.25) is 0 Å². The number of rotatable bonds is 9. The molecule has 0 saturated heterocycles. The summed E-state index contributed by atoms with van der Waals surface area (Å²) in [7, 11) is 1.64. The van der Waals surface area contributed by atoms with Gasteiger partial charge in [-0.1, -0.05) is 26.7 Å². The van der Waals surface area contributed by atoms with Crippen molar-refractivity contribution in [3.05, 3.63) is 0 Å². The van der Waals surface area contributed by atoms with Crippen LogP contribution >= 0.6 is 0 Å². The Balaban J connectivity index is 4.60. The van der Waals surface area contributed by atoms with E-state index in [1.807, 2.05) is 6.92 Å². The van der Waals surface area contributed by atoms with E-state index in [4.69, 9.17) is 10.5 Å². The zero-order chi connectivity index (χ0) is 13.3. The Kier molecular flexibility index (Phi) is 8.17. The van der Waals surface area contributed by atoms with Gasteiger partial charge in [0.1, 0.15) is 0 Å². The zero-order valence-electron chi connectivity index (χ0n) is 11.7. The molecule has 0 aliphatic carbocycles. The fourth-order valence-corrected chi connectivity index (χ4v) is 2.27. The highest BCUT2D eigenvalue weighted by atomic mass is 16.5. The molecule has 0 aromatic rings. The summed E-state index contributed by atoms with van der Waals surface area (Å²) < 4.78 is 5.02. The van der Waals surface area contributed by atoms with Gasteiger partial charge in [0.15, 0.2) is 0 Å². The molecule has 4 nitrogen and oxygen atoms in total. The second-order valence-electron chi connectivity index (χ2n) is 4.81. The van der Waals surface area contributed by atoms with E-state index in [-0.39, 0.29) is 11.9 Å². The van der Waals surface area contributed by atoms with Gasteiger partial charge in [0.05, 0.1) is 12.0 Å². The number of ether oxygens (including phenoxy) is 1. The average molecular weight is 244 g/mol. The molecule has 1 amide bonds. The van der Waals surface area contributed by atoms with Crippen LogP contribution in [-0.2, 0) is 9.53 Å². The molecule has 0 radical (unpaired) electrons. The van der Waals surface area contributed by atoms with Gasteiger partial charge in [-0.2, -0.15) is 0 Å². The fraction of sp³-hybridized carbons (Fsp3) is 0.923. The average Bonchev–Trinajstić information content (AvgIpc) is 2.28. The number of carbonyl (C=O) groups is 1. The molecule has 0 heterocycles. The van der Waals surface area contributed by atoms with Gasteiger partial charge in [-0.3, -0.25) is 4.79 Å². The van der Waals surface area contributed by atoms with Crippen molar-refractivity contribution in [3.8, 4) is 0 Å². The Labute approximate surface area is 105 Å². The largest absolute Gasteiger partial charge is 0.383 e. The molecule has 0 aliphatic heterocycles. The number of hydrogen-bond acceptors (Lipinski definition) is 3. The molecule has 17 heavy (non-hydrogen) atoms. The van der Waals surface area contributed by atoms with Crippen LogP contribution in [0.1, 0.15) is 46.5 Å². The molecule has 0 aromatic carbocycles. The molecule has 0 fully saturated rings. The van der Waals surface area contributed by atoms with Crippen molar-refractivity contribution in [3.63, 3.8) is 0 Å². The van der Waals surface area contributed by atoms with Gasteiger partial charge in [0.25, 0.3) is 0 Å². The molecule has 102 valence electrons. The van der Waals surface area contributed by atoms with Gasteiger partial charge < -0.3 is 15.8 Å². The molecule has 0 aliphatic rings. The summed E-state index contributed by atoms with van der Waals surface area (Å²) in [6.07, 6.45) is 3.65. The minimum absolute atomic E-state index is 0.0344. The lowest BCUT2D eigenvalue weighted by Crippen LogP contribution is -2.49. The van der Waals surface area contributed by atoms with Crippen LogP contribution in [0.4, 0.5) is 0 Å². The van der Waals surface area contributed by atoms with Crippen molar-refractivity contribution in [1.82, 2.24) is 5.32 Å². The van der Waals surface area contributed by atoms with Crippen molar-refractivity contribution < 1.29 is 9.53 Å². The van der Waals surface area contributed by atoms with E-state index in [2.05, 4.69) is 19.2 Å². The Hall–Kier alpha value is -0.610. The first-order valence-electron chi connectivity index (χ1n) is 6.56. The normalized spacial score (nSPS) is 13.5. The second kappa shape index (κ2) is 8.48. The second-order valence-corrected chi connectivity index (χ2v) is 4.81. The molecule has 0 spiro atoms. The first-order valence-corrected chi connectivity index (χ1v) is 6.56. The maximum atomic E-state index is 12.3. The van der Waals surface area contributed by atoms with Crippen molar-refractivity contribution in [2.75, 3.05) is 20.3 Å². The monoisotopic (exact) mass is 244 g/mol. The molecule has 0 rings (SSSR count). The van der Waals surface area contributed by atoms with E-state index in [0.717, 1.165) is 25.7 Å². The van der Waals surface area contributed by atoms with Crippen LogP contribution in [0.25, 0.3) is 0 Å². The predicted octanol–water partition coefficient (Wildman–Crippen LogP) is 1.68. The van der Waals surface area contributed by atoms with E-state index < -0.39 is 5.41 Å². The third kappa shape index (κ3) is 5.04. The SMILES string of the molecule is CCCC(CN)(CCC)C(=O)NC(C)COC. The summed E-state index contributed by atoms with van der Waals surface area (Å²) in [4.78, 5) is 12.3. The van der Waals surface area contributed by atoms with Crippen LogP contribution in [-0.4, -0.2) is 32.2 Å². The molecular weight excluding hydrogens is 216 g/mol. The van der Waals surface area contributed by atoms with Gasteiger partial charge in [-0.05, 0) is 19.8 Å². The number of methoxy groups -OCH3 is 1. The highest BCUT2D eigenvalue weighted by Gasteiger charge is 2.35. The number of hydrogen-bond donors (Lipinski definition) is 2. The van der Waals surface area contributed by atoms with Crippen LogP contribution in [0, 0.1) is 5.41 Å². The molecule has 1 atom stereocenters. The quantitative estimate of drug-likeness (QED) is 0.648. The highest BCUT2D eigenvalue weighted by molar-refractivity contribution is 5.83. The van der Waals surface area contributed by atoms with Crippen molar-refractivity contribution >= 4 is 5.91 Å². The lowest BCUT2D eigenvalue weighted by Gasteiger charge is -2.32. The number of nitrogens with one attached hydrogen (secondary N) is 1. The van der Waals surface area contributed by atoms with E-state index in [9.17, 15) is 4.79 Å². The molecule has 4 heteroatoms. The van der Waals surface area contributed by atoms with Gasteiger partial charge >= 0.3 is 0 Å². The molecule has 0 aromatic heterocycles. The van der Waals surface area contributed by atoms with Gasteiger partial charge in [0.2, 0.25) is 5.91 Å². The number of amides is 1. The van der Waals surface area contributed by atoms with Crippen LogP contribution in [0.5, 0.6) is 0 Å². The summed E-state index contributed by atoms with van der Waals surface area (Å²) in [6, 6.07) is 0.0344. The number of carbonyl (C=O) groups excluding carboxylic acids is 1. The smallest absolute Gasteiger partial charge is 0.227 e. The highest BCUT2D eigenvalue weighted by Crippen LogP contribution is 2.29. The maximum absolute atomic E-state index is 12.3. The third-order valence-electron chi connectivity index (χ3n) is 3.12. The minimum Gasteiger partial charge on any atom is -0.383 e. The van der Waals surface area contributed by atoms with Crippen LogP contribution in [0.3, 0.4) is 0 Å². The van der Waals surface area contributed by atoms with Crippen molar-refractivity contribution in [2.45, 2.75) is 52.5 Å². The van der Waals surface area contributed by atoms with Gasteiger partial charge in [-0.25, -0.2) is 0 Å². The minimum atomic E-state index is -0.397. The molecule has 1 unspecified atom stereocenters. The topological polar surface area (TPSA) is 64.4 Å². The summed E-state index contributed by atoms with van der Waals surface area (Å²) in [5.74, 6) is 0.0771. The summed E-state index contributed by atoms with van der Waals surface area (Å²) >= 11 is 0. The summed E-state index contributed by atoms with van der Waals surface area (Å²) in [6.45, 7) is 7.07. The number of nitrogens with two attached hydrogens (primary N) is 1. The van der Waals surface area contributed by atoms with E-state index in [1.165, 1.54) is 0 Å². The zero-order valence-corrected chi connectivity index (χ0v) is 11.7. The van der Waals surface area contributed by atoms with Gasteiger partial charge in [-0.15, -0.1) is 0 Å². The van der Waals surface area contributed by atoms with Crippen molar-refractivity contribution in [2.24, 2.45) is 11.1 Å². The molecule has 3 N–H and O–H groups in total. The standard InChI is InChI=1S/C13H28N2O2/c1-5-7-13(10-14,8-6-2)12(16)15-11(3)9-17-4/h11H,5-10,14H2,1-4H3,(H,15,16). The Morgan fingerprint density at radius 2 is 1.88 bits per heavy atom. The van der Waals surface area contributed by atoms with Gasteiger partial charge in [0, 0.05) is 19.7 Å². The predicted molar refractivity (Wildman–Crippen MR) is 70.8 cm³/mol. The lowest BCUT2D eigenvalue weighted by atomic mass is 9.78. The van der Waals surface area contributed by atoms with Crippen molar-refractivity contribution in [1.29, 1.82) is 0 Å². The molecule has 0 saturated carbocycles. The lowest BCUT2D eigenvalue weighted by molar-refractivity contribution is -0.132. The first kappa shape index (κ1) is 16.4. The summed E-state index contributed by atoms with van der Waals surface area (Å²) in [5.41, 5.74) is 5.44. The summed E-state index contributed by atoms with van der Waals surface area (Å²) in [5, 5.41) is 3.00. The van der Waals surface area contributed by atoms with Crippen LogP contribution < -0.4 is 11.1 Å². The fourth-order valence-electron chi connectivity index (χ4n) is 2.27. The van der Waals surface area contributed by atoms with E-state index in [0.29, 0.717) is 13.2 Å².